The van der Waals surface area contributed by atoms with Crippen molar-refractivity contribution in [1.29, 1.82) is 0 Å². The van der Waals surface area contributed by atoms with Crippen molar-refractivity contribution in [3.63, 3.8) is 0 Å². The summed E-state index contributed by atoms with van der Waals surface area (Å²) in [4.78, 5) is 18.1. The van der Waals surface area contributed by atoms with Crippen molar-refractivity contribution < 1.29 is 18.7 Å². The number of esters is 1. The molecule has 0 aliphatic carbocycles. The molecule has 0 aromatic heterocycles. The summed E-state index contributed by atoms with van der Waals surface area (Å²) in [5.41, 5.74) is 3.00. The molecule has 0 aromatic rings. The molecule has 0 atom stereocenters. The van der Waals surface area contributed by atoms with Crippen molar-refractivity contribution in [2.75, 3.05) is 40.0 Å². The molecule has 5 nitrogen and oxygen atoms in total. The maximum Gasteiger partial charge on any atom is 0.306 e. The number of aliphatic imine (C=N–C) groups is 1. The molecule has 0 saturated heterocycles. The Labute approximate surface area is 181 Å². The Kier molecular flexibility index (Phi) is 13.8. The van der Waals surface area contributed by atoms with Crippen LogP contribution < -0.4 is 0 Å². The van der Waals surface area contributed by atoms with E-state index in [9.17, 15) is 9.18 Å². The number of nitrogens with zero attached hydrogens (tertiary/aromatic N) is 2. The number of carbonyl (C=O) groups excluding carboxylic acids is 1. The van der Waals surface area contributed by atoms with E-state index in [0.29, 0.717) is 38.2 Å². The van der Waals surface area contributed by atoms with Crippen LogP contribution >= 0.6 is 0 Å². The molecule has 0 spiro atoms. The summed E-state index contributed by atoms with van der Waals surface area (Å²) in [7, 11) is 1.80. The highest BCUT2D eigenvalue weighted by Crippen LogP contribution is 2.22. The molecule has 1 rings (SSSR count). The lowest BCUT2D eigenvalue weighted by Gasteiger charge is -2.33. The van der Waals surface area contributed by atoms with E-state index in [1.807, 2.05) is 6.21 Å². The van der Waals surface area contributed by atoms with Gasteiger partial charge in [0.05, 0.1) is 19.8 Å². The SMILES string of the molecule is C/C=C(CCC(=O)OCC)\C(F)=C/CCOCC1=C(C=NC)CCCN1CCCC. The largest absolute Gasteiger partial charge is 0.466 e. The van der Waals surface area contributed by atoms with Gasteiger partial charge in [0.2, 0.25) is 0 Å². The number of hydrogen-bond donors (Lipinski definition) is 0. The van der Waals surface area contributed by atoms with Gasteiger partial charge in [-0.05, 0) is 63.2 Å². The van der Waals surface area contributed by atoms with Crippen LogP contribution in [-0.2, 0) is 14.3 Å². The van der Waals surface area contributed by atoms with E-state index in [1.165, 1.54) is 11.3 Å². The molecule has 1 aliphatic heterocycles. The second-order valence-corrected chi connectivity index (χ2v) is 7.32. The van der Waals surface area contributed by atoms with Crippen LogP contribution in [-0.4, -0.2) is 57.0 Å². The predicted octanol–water partition coefficient (Wildman–Crippen LogP) is 5.39. The second kappa shape index (κ2) is 15.8. The third kappa shape index (κ3) is 9.70. The number of ether oxygens (including phenoxy) is 2. The molecular weight excluding hydrogens is 383 g/mol. The third-order valence-electron chi connectivity index (χ3n) is 5.08. The summed E-state index contributed by atoms with van der Waals surface area (Å²) in [6.45, 7) is 9.16. The Morgan fingerprint density at radius 1 is 1.30 bits per heavy atom. The smallest absolute Gasteiger partial charge is 0.306 e. The number of allylic oxidation sites excluding steroid dienone is 4. The van der Waals surface area contributed by atoms with Gasteiger partial charge < -0.3 is 14.4 Å². The Morgan fingerprint density at radius 3 is 2.77 bits per heavy atom. The number of hydrogen-bond acceptors (Lipinski definition) is 5. The molecule has 0 bridgehead atoms. The Balaban J connectivity index is 2.54. The van der Waals surface area contributed by atoms with Gasteiger partial charge in [-0.25, -0.2) is 4.39 Å². The molecule has 1 heterocycles. The fourth-order valence-electron chi connectivity index (χ4n) is 3.46. The van der Waals surface area contributed by atoms with Crippen LogP contribution in [0.4, 0.5) is 4.39 Å². The molecule has 0 N–H and O–H groups in total. The minimum Gasteiger partial charge on any atom is -0.466 e. The zero-order chi connectivity index (χ0) is 22.2. The fourth-order valence-corrected chi connectivity index (χ4v) is 3.46. The molecule has 0 saturated carbocycles. The molecular formula is C24H39FN2O3. The number of carbonyl (C=O) groups is 1. The van der Waals surface area contributed by atoms with Gasteiger partial charge in [-0.3, -0.25) is 9.79 Å². The molecule has 0 amide bonds. The van der Waals surface area contributed by atoms with Crippen LogP contribution in [0.15, 0.2) is 39.8 Å². The van der Waals surface area contributed by atoms with Crippen molar-refractivity contribution in [2.24, 2.45) is 4.99 Å². The van der Waals surface area contributed by atoms with Crippen molar-refractivity contribution in [3.8, 4) is 0 Å². The standard InChI is InChI=1S/C24H39FN2O3/c1-5-8-15-27-16-9-11-21(18-26-4)23(27)19-29-17-10-12-22(25)20(6-2)13-14-24(28)30-7-3/h6,12,18H,5,7-11,13-17,19H2,1-4H3/b20-6-,22-12+,26-18?. The number of rotatable bonds is 14. The quantitative estimate of drug-likeness (QED) is 0.163. The van der Waals surface area contributed by atoms with Crippen LogP contribution in [0, 0.1) is 0 Å². The highest BCUT2D eigenvalue weighted by atomic mass is 19.1. The first-order valence-electron chi connectivity index (χ1n) is 11.2. The zero-order valence-electron chi connectivity index (χ0n) is 19.2. The molecule has 1 aliphatic rings. The maximum absolute atomic E-state index is 14.4. The average Bonchev–Trinajstić information content (AvgIpc) is 2.74. The van der Waals surface area contributed by atoms with E-state index in [0.717, 1.165) is 38.8 Å². The predicted molar refractivity (Wildman–Crippen MR) is 121 cm³/mol. The molecule has 30 heavy (non-hydrogen) atoms. The van der Waals surface area contributed by atoms with E-state index in [1.54, 1.807) is 33.0 Å². The third-order valence-corrected chi connectivity index (χ3v) is 5.08. The molecule has 0 unspecified atom stereocenters. The summed E-state index contributed by atoms with van der Waals surface area (Å²) in [5, 5.41) is 0. The zero-order valence-corrected chi connectivity index (χ0v) is 19.2. The molecule has 170 valence electrons. The van der Waals surface area contributed by atoms with Gasteiger partial charge in [0, 0.05) is 38.5 Å². The maximum atomic E-state index is 14.4. The summed E-state index contributed by atoms with van der Waals surface area (Å²) >= 11 is 0. The van der Waals surface area contributed by atoms with Gasteiger partial charge in [0.15, 0.2) is 0 Å². The van der Waals surface area contributed by atoms with Crippen LogP contribution in [0.25, 0.3) is 0 Å². The van der Waals surface area contributed by atoms with Crippen LogP contribution in [0.5, 0.6) is 0 Å². The van der Waals surface area contributed by atoms with E-state index < -0.39 is 0 Å². The van der Waals surface area contributed by atoms with Crippen LogP contribution in [0.1, 0.15) is 65.7 Å². The normalized spacial score (nSPS) is 16.0. The first-order chi connectivity index (χ1) is 14.6. The van der Waals surface area contributed by atoms with Gasteiger partial charge in [0.1, 0.15) is 5.83 Å². The summed E-state index contributed by atoms with van der Waals surface area (Å²) in [6, 6.07) is 0. The minimum atomic E-state index is -0.298. The lowest BCUT2D eigenvalue weighted by Crippen LogP contribution is -2.32. The lowest BCUT2D eigenvalue weighted by atomic mass is 10.0. The van der Waals surface area contributed by atoms with Crippen molar-refractivity contribution >= 4 is 12.2 Å². The van der Waals surface area contributed by atoms with E-state index in [2.05, 4.69) is 16.8 Å². The van der Waals surface area contributed by atoms with Gasteiger partial charge >= 0.3 is 5.97 Å². The number of halogens is 1. The second-order valence-electron chi connectivity index (χ2n) is 7.32. The van der Waals surface area contributed by atoms with Crippen molar-refractivity contribution in [2.45, 2.75) is 65.7 Å². The molecule has 0 radical (unpaired) electrons. The summed E-state index contributed by atoms with van der Waals surface area (Å²) in [6.07, 6.45) is 10.7. The highest BCUT2D eigenvalue weighted by Gasteiger charge is 2.18. The molecule has 0 fully saturated rings. The van der Waals surface area contributed by atoms with Crippen molar-refractivity contribution in [3.05, 3.63) is 34.8 Å². The van der Waals surface area contributed by atoms with Crippen LogP contribution in [0.3, 0.4) is 0 Å². The average molecular weight is 423 g/mol. The van der Waals surface area contributed by atoms with Gasteiger partial charge in [-0.2, -0.15) is 0 Å². The number of unbranched alkanes of at least 4 members (excludes halogenated alkanes) is 1. The van der Waals surface area contributed by atoms with Gasteiger partial charge in [0.25, 0.3) is 0 Å². The van der Waals surface area contributed by atoms with Crippen molar-refractivity contribution in [1.82, 2.24) is 4.90 Å². The first-order valence-corrected chi connectivity index (χ1v) is 11.2. The van der Waals surface area contributed by atoms with E-state index in [4.69, 9.17) is 9.47 Å². The lowest BCUT2D eigenvalue weighted by molar-refractivity contribution is -0.143. The highest BCUT2D eigenvalue weighted by molar-refractivity contribution is 5.79. The molecule has 0 aromatic carbocycles. The van der Waals surface area contributed by atoms with Gasteiger partial charge in [-0.15, -0.1) is 0 Å². The summed E-state index contributed by atoms with van der Waals surface area (Å²) < 4.78 is 25.2. The topological polar surface area (TPSA) is 51.1 Å². The fraction of sp³-hybridized carbons (Fsp3) is 0.667. The first kappa shape index (κ1) is 26.1. The Bertz CT molecular complexity index is 638. The monoisotopic (exact) mass is 422 g/mol. The van der Waals surface area contributed by atoms with Gasteiger partial charge in [-0.1, -0.05) is 19.4 Å². The van der Waals surface area contributed by atoms with Crippen LogP contribution in [0.2, 0.25) is 0 Å². The van der Waals surface area contributed by atoms with E-state index in [-0.39, 0.29) is 18.2 Å². The minimum absolute atomic E-state index is 0.189. The van der Waals surface area contributed by atoms with E-state index >= 15 is 0 Å². The molecule has 6 heteroatoms. The Hall–Kier alpha value is -1.95. The Morgan fingerprint density at radius 2 is 2.10 bits per heavy atom. The summed E-state index contributed by atoms with van der Waals surface area (Å²) in [5.74, 6) is -0.585.